The topological polar surface area (TPSA) is 94.7 Å². The zero-order chi connectivity index (χ0) is 18.1. The summed E-state index contributed by atoms with van der Waals surface area (Å²) in [4.78, 5) is 25.0. The van der Waals surface area contributed by atoms with Gasteiger partial charge in [0, 0.05) is 24.8 Å². The summed E-state index contributed by atoms with van der Waals surface area (Å²) >= 11 is 0. The fourth-order valence-corrected chi connectivity index (χ4v) is 2.76. The summed E-state index contributed by atoms with van der Waals surface area (Å²) in [6, 6.07) is 6.17. The number of amides is 1. The molecule has 0 spiro atoms. The molecule has 0 unspecified atom stereocenters. The average Bonchev–Trinajstić information content (AvgIpc) is 2.85. The van der Waals surface area contributed by atoms with E-state index in [0.29, 0.717) is 17.4 Å². The van der Waals surface area contributed by atoms with Crippen LogP contribution in [0.5, 0.6) is 0 Å². The van der Waals surface area contributed by atoms with Crippen molar-refractivity contribution >= 4 is 16.8 Å². The summed E-state index contributed by atoms with van der Waals surface area (Å²) < 4.78 is 2.89. The molecule has 3 rings (SSSR count). The molecule has 0 aliphatic carbocycles. The molecule has 0 aliphatic heterocycles. The number of hydrogen-bond acceptors (Lipinski definition) is 5. The van der Waals surface area contributed by atoms with Crippen LogP contribution in [0.4, 0.5) is 0 Å². The lowest BCUT2D eigenvalue weighted by atomic mass is 10.2. The molecule has 2 heterocycles. The van der Waals surface area contributed by atoms with E-state index in [1.807, 2.05) is 20.9 Å². The van der Waals surface area contributed by atoms with Gasteiger partial charge in [-0.25, -0.2) is 0 Å². The largest absolute Gasteiger partial charge is 0.350 e. The Labute approximate surface area is 144 Å². The quantitative estimate of drug-likeness (QED) is 0.765. The van der Waals surface area contributed by atoms with Gasteiger partial charge in [0.15, 0.2) is 0 Å². The summed E-state index contributed by atoms with van der Waals surface area (Å²) in [7, 11) is 1.86. The third kappa shape index (κ3) is 3.02. The molecule has 2 aromatic heterocycles. The Kier molecular flexibility index (Phi) is 4.35. The second-order valence-electron chi connectivity index (χ2n) is 6.02. The van der Waals surface area contributed by atoms with E-state index in [1.165, 1.54) is 0 Å². The molecule has 1 aromatic carbocycles. The molecule has 1 atom stereocenters. The highest BCUT2D eigenvalue weighted by molar-refractivity contribution is 5.81. The lowest BCUT2D eigenvalue weighted by Crippen LogP contribution is -2.37. The van der Waals surface area contributed by atoms with Gasteiger partial charge in [0.05, 0.1) is 11.1 Å². The Hall–Kier alpha value is -3.03. The van der Waals surface area contributed by atoms with Crippen LogP contribution in [-0.2, 0) is 18.4 Å². The highest BCUT2D eigenvalue weighted by atomic mass is 16.2. The maximum absolute atomic E-state index is 12.5. The van der Waals surface area contributed by atoms with Gasteiger partial charge < -0.3 is 5.32 Å². The molecule has 130 valence electrons. The minimum atomic E-state index is -0.762. The van der Waals surface area contributed by atoms with Crippen molar-refractivity contribution in [1.29, 1.82) is 0 Å². The molecule has 0 radical (unpaired) electrons. The van der Waals surface area contributed by atoms with Gasteiger partial charge in [-0.05, 0) is 32.9 Å². The second-order valence-corrected chi connectivity index (χ2v) is 6.02. The van der Waals surface area contributed by atoms with E-state index in [1.54, 1.807) is 35.9 Å². The number of nitrogens with zero attached hydrogens (tertiary/aromatic N) is 5. The van der Waals surface area contributed by atoms with Crippen LogP contribution in [-0.4, -0.2) is 30.7 Å². The summed E-state index contributed by atoms with van der Waals surface area (Å²) in [5.41, 5.74) is 3.02. The van der Waals surface area contributed by atoms with Gasteiger partial charge in [0.1, 0.15) is 11.6 Å². The first-order chi connectivity index (χ1) is 11.9. The molecule has 25 heavy (non-hydrogen) atoms. The van der Waals surface area contributed by atoms with Crippen LogP contribution in [0.15, 0.2) is 29.1 Å². The van der Waals surface area contributed by atoms with E-state index in [0.717, 1.165) is 21.6 Å². The molecule has 0 aliphatic rings. The number of aromatic nitrogens is 5. The summed E-state index contributed by atoms with van der Waals surface area (Å²) in [6.45, 7) is 5.83. The van der Waals surface area contributed by atoms with Crippen LogP contribution in [0.1, 0.15) is 29.9 Å². The third-order valence-corrected chi connectivity index (χ3v) is 4.44. The number of hydrogen-bond donors (Lipinski definition) is 1. The van der Waals surface area contributed by atoms with Gasteiger partial charge in [-0.3, -0.25) is 14.3 Å². The summed E-state index contributed by atoms with van der Waals surface area (Å²) in [6.07, 6.45) is 0. The fraction of sp³-hybridized carbons (Fsp3) is 0.353. The molecule has 8 heteroatoms. The first kappa shape index (κ1) is 16.8. The Balaban J connectivity index is 1.81. The maximum Gasteiger partial charge on any atom is 0.278 e. The number of aryl methyl sites for hydroxylation is 2. The smallest absolute Gasteiger partial charge is 0.278 e. The van der Waals surface area contributed by atoms with Crippen LogP contribution < -0.4 is 10.9 Å². The zero-order valence-corrected chi connectivity index (χ0v) is 14.6. The molecule has 1 N–H and O–H groups in total. The van der Waals surface area contributed by atoms with Crippen molar-refractivity contribution in [2.75, 3.05) is 0 Å². The van der Waals surface area contributed by atoms with Gasteiger partial charge in [0.2, 0.25) is 5.91 Å². The zero-order valence-electron chi connectivity index (χ0n) is 14.6. The van der Waals surface area contributed by atoms with E-state index in [4.69, 9.17) is 0 Å². The maximum atomic E-state index is 12.5. The third-order valence-electron chi connectivity index (χ3n) is 4.44. The number of nitrogens with one attached hydrogen (secondary N) is 1. The van der Waals surface area contributed by atoms with Crippen molar-refractivity contribution in [3.8, 4) is 0 Å². The SMILES string of the molecule is Cc1nn(C)c(C)c1CNC(=O)[C@H](C)n1nnc2ccccc2c1=O. The van der Waals surface area contributed by atoms with Crippen molar-refractivity contribution < 1.29 is 4.79 Å². The predicted octanol–water partition coefficient (Wildman–Crippen LogP) is 1.02. The van der Waals surface area contributed by atoms with Crippen molar-refractivity contribution in [3.63, 3.8) is 0 Å². The Bertz CT molecular complexity index is 1000. The second kappa shape index (κ2) is 6.46. The number of carbonyl (C=O) groups excluding carboxylic acids is 1. The standard InChI is InChI=1S/C17H20N6O2/c1-10-14(11(2)22(4)20-10)9-18-16(24)12(3)23-17(25)13-7-5-6-8-15(13)19-21-23/h5-8,12H,9H2,1-4H3,(H,18,24)/t12-/m0/s1. The highest BCUT2D eigenvalue weighted by Crippen LogP contribution is 2.12. The molecule has 1 amide bonds. The lowest BCUT2D eigenvalue weighted by Gasteiger charge is -2.14. The Morgan fingerprint density at radius 2 is 2.00 bits per heavy atom. The van der Waals surface area contributed by atoms with E-state index in [2.05, 4.69) is 20.7 Å². The van der Waals surface area contributed by atoms with Gasteiger partial charge in [-0.15, -0.1) is 5.10 Å². The Morgan fingerprint density at radius 3 is 2.68 bits per heavy atom. The van der Waals surface area contributed by atoms with E-state index >= 15 is 0 Å². The average molecular weight is 340 g/mol. The van der Waals surface area contributed by atoms with Crippen LogP contribution in [0.3, 0.4) is 0 Å². The van der Waals surface area contributed by atoms with Crippen LogP contribution in [0.25, 0.3) is 10.9 Å². The van der Waals surface area contributed by atoms with Gasteiger partial charge in [-0.2, -0.15) is 9.78 Å². The van der Waals surface area contributed by atoms with E-state index in [9.17, 15) is 9.59 Å². The lowest BCUT2D eigenvalue weighted by molar-refractivity contribution is -0.124. The minimum absolute atomic E-state index is 0.297. The van der Waals surface area contributed by atoms with Crippen LogP contribution >= 0.6 is 0 Å². The monoisotopic (exact) mass is 340 g/mol. The van der Waals surface area contributed by atoms with Crippen LogP contribution in [0.2, 0.25) is 0 Å². The Morgan fingerprint density at radius 1 is 1.28 bits per heavy atom. The van der Waals surface area contributed by atoms with Gasteiger partial charge in [0.25, 0.3) is 5.56 Å². The molecule has 0 saturated heterocycles. The number of rotatable bonds is 4. The van der Waals surface area contributed by atoms with E-state index in [-0.39, 0.29) is 11.5 Å². The molecule has 3 aromatic rings. The van der Waals surface area contributed by atoms with Gasteiger partial charge in [-0.1, -0.05) is 17.3 Å². The van der Waals surface area contributed by atoms with Crippen molar-refractivity contribution in [2.24, 2.45) is 7.05 Å². The van der Waals surface area contributed by atoms with E-state index < -0.39 is 6.04 Å². The molecule has 0 saturated carbocycles. The molecular weight excluding hydrogens is 320 g/mol. The molecule has 0 bridgehead atoms. The fourth-order valence-electron chi connectivity index (χ4n) is 2.76. The molecule has 0 fully saturated rings. The first-order valence-electron chi connectivity index (χ1n) is 8.01. The van der Waals surface area contributed by atoms with Crippen molar-refractivity contribution in [1.82, 2.24) is 30.1 Å². The van der Waals surface area contributed by atoms with Crippen LogP contribution in [0, 0.1) is 13.8 Å². The normalized spacial score (nSPS) is 12.3. The first-order valence-corrected chi connectivity index (χ1v) is 8.01. The minimum Gasteiger partial charge on any atom is -0.350 e. The summed E-state index contributed by atoms with van der Waals surface area (Å²) in [5.74, 6) is -0.297. The van der Waals surface area contributed by atoms with Gasteiger partial charge >= 0.3 is 0 Å². The molecule has 8 nitrogen and oxygen atoms in total. The molecular formula is C17H20N6O2. The predicted molar refractivity (Wildman–Crippen MR) is 93.0 cm³/mol. The highest BCUT2D eigenvalue weighted by Gasteiger charge is 2.20. The number of benzene rings is 1. The number of fused-ring (bicyclic) bond motifs is 1. The summed E-state index contributed by atoms with van der Waals surface area (Å²) in [5, 5.41) is 15.5. The van der Waals surface area contributed by atoms with Crippen molar-refractivity contribution in [2.45, 2.75) is 33.4 Å². The van der Waals surface area contributed by atoms with Crippen molar-refractivity contribution in [3.05, 3.63) is 51.6 Å². The number of carbonyl (C=O) groups is 1.